The quantitative estimate of drug-likeness (QED) is 0.233. The lowest BCUT2D eigenvalue weighted by Crippen LogP contribution is -2.48. The van der Waals surface area contributed by atoms with Crippen molar-refractivity contribution in [1.29, 1.82) is 0 Å². The molecule has 41 heavy (non-hydrogen) atoms. The molecule has 0 radical (unpaired) electrons. The number of hydrogen-bond donors (Lipinski definition) is 2. The fourth-order valence-electron chi connectivity index (χ4n) is 5.32. The smallest absolute Gasteiger partial charge is 0.407 e. The highest BCUT2D eigenvalue weighted by Gasteiger charge is 2.29. The number of nitrogens with one attached hydrogen (secondary N) is 1. The van der Waals surface area contributed by atoms with Crippen LogP contribution in [0.25, 0.3) is 11.1 Å². The van der Waals surface area contributed by atoms with Crippen LogP contribution in [0.2, 0.25) is 0 Å². The number of rotatable bonds is 5. The van der Waals surface area contributed by atoms with Crippen LogP contribution in [0.4, 0.5) is 33.2 Å². The van der Waals surface area contributed by atoms with Crippen molar-refractivity contribution >= 4 is 40.4 Å². The fourth-order valence-corrected chi connectivity index (χ4v) is 5.32. The maximum absolute atomic E-state index is 14.1. The number of carbonyl (C=O) groups is 2. The number of fused-ring (bicyclic) bond motifs is 2. The molecule has 2 amide bonds. The number of non-ortho nitro benzene ring substituents is 1. The number of amides is 2. The molecule has 0 aliphatic carbocycles. The van der Waals surface area contributed by atoms with Gasteiger partial charge in [0.25, 0.3) is 11.6 Å². The van der Waals surface area contributed by atoms with Crippen LogP contribution >= 0.6 is 0 Å². The summed E-state index contributed by atoms with van der Waals surface area (Å²) in [5.41, 5.74) is 5.75. The molecule has 206 valence electrons. The zero-order valence-electron chi connectivity index (χ0n) is 22.1. The zero-order valence-corrected chi connectivity index (χ0v) is 22.1. The summed E-state index contributed by atoms with van der Waals surface area (Å²) >= 11 is 0. The summed E-state index contributed by atoms with van der Waals surface area (Å²) in [5, 5.41) is 24.1. The Bertz CT molecular complexity index is 1630. The number of piperazine rings is 1. The van der Waals surface area contributed by atoms with Gasteiger partial charge in [-0.15, -0.1) is 0 Å². The van der Waals surface area contributed by atoms with Gasteiger partial charge in [-0.25, -0.2) is 4.79 Å². The van der Waals surface area contributed by atoms with E-state index in [4.69, 9.17) is 0 Å². The summed E-state index contributed by atoms with van der Waals surface area (Å²) < 4.78 is 0. The first kappa shape index (κ1) is 25.9. The van der Waals surface area contributed by atoms with Gasteiger partial charge >= 0.3 is 6.09 Å². The van der Waals surface area contributed by atoms with Gasteiger partial charge in [0.2, 0.25) is 0 Å². The summed E-state index contributed by atoms with van der Waals surface area (Å²) in [6, 6.07) is 27.7. The zero-order chi connectivity index (χ0) is 28.5. The average molecular weight is 550 g/mol. The largest absolute Gasteiger partial charge is 0.465 e. The second kappa shape index (κ2) is 10.6. The number of hydrogen-bond acceptors (Lipinski definition) is 6. The molecular formula is C31H27N5O5. The Morgan fingerprint density at radius 3 is 2.22 bits per heavy atom. The third-order valence-corrected chi connectivity index (χ3v) is 7.55. The second-order valence-electron chi connectivity index (χ2n) is 10.0. The van der Waals surface area contributed by atoms with Crippen LogP contribution in [0.5, 0.6) is 0 Å². The van der Waals surface area contributed by atoms with Gasteiger partial charge in [0, 0.05) is 44.0 Å². The van der Waals surface area contributed by atoms with E-state index in [1.165, 1.54) is 17.0 Å². The van der Waals surface area contributed by atoms with Crippen molar-refractivity contribution in [3.63, 3.8) is 0 Å². The highest BCUT2D eigenvalue weighted by Crippen LogP contribution is 2.40. The van der Waals surface area contributed by atoms with Crippen LogP contribution in [0.1, 0.15) is 15.9 Å². The molecule has 0 spiro atoms. The molecule has 0 aromatic heterocycles. The third kappa shape index (κ3) is 5.14. The van der Waals surface area contributed by atoms with Crippen molar-refractivity contribution in [1.82, 2.24) is 4.90 Å². The lowest BCUT2D eigenvalue weighted by atomic mass is 10.0. The molecule has 2 heterocycles. The van der Waals surface area contributed by atoms with Crippen LogP contribution in [-0.2, 0) is 6.54 Å². The van der Waals surface area contributed by atoms with Gasteiger partial charge in [0.15, 0.2) is 0 Å². The van der Waals surface area contributed by atoms with Gasteiger partial charge in [0.1, 0.15) is 0 Å². The number of benzene rings is 4. The van der Waals surface area contributed by atoms with Gasteiger partial charge < -0.3 is 25.1 Å². The summed E-state index contributed by atoms with van der Waals surface area (Å²) in [6.45, 7) is 2.42. The van der Waals surface area contributed by atoms with E-state index in [0.29, 0.717) is 48.8 Å². The fraction of sp³-hybridized carbons (Fsp3) is 0.161. The maximum atomic E-state index is 14.1. The molecule has 0 unspecified atom stereocenters. The van der Waals surface area contributed by atoms with Gasteiger partial charge in [-0.3, -0.25) is 14.9 Å². The average Bonchev–Trinajstić information content (AvgIpc) is 3.11. The van der Waals surface area contributed by atoms with Crippen LogP contribution in [0, 0.1) is 10.1 Å². The molecule has 4 aromatic rings. The van der Waals surface area contributed by atoms with Crippen LogP contribution in [0.15, 0.2) is 91.0 Å². The molecule has 1 fully saturated rings. The first-order valence-electron chi connectivity index (χ1n) is 13.3. The molecule has 0 saturated carbocycles. The Morgan fingerprint density at radius 1 is 0.854 bits per heavy atom. The topological polar surface area (TPSA) is 119 Å². The first-order valence-corrected chi connectivity index (χ1v) is 13.3. The van der Waals surface area contributed by atoms with Crippen molar-refractivity contribution < 1.29 is 19.6 Å². The molecule has 2 N–H and O–H groups in total. The minimum Gasteiger partial charge on any atom is -0.465 e. The Kier molecular flexibility index (Phi) is 6.72. The van der Waals surface area contributed by atoms with E-state index in [1.54, 1.807) is 11.0 Å². The molecule has 4 aromatic carbocycles. The van der Waals surface area contributed by atoms with Crippen molar-refractivity contribution in [2.75, 3.05) is 41.3 Å². The molecule has 0 bridgehead atoms. The molecule has 2 aliphatic rings. The van der Waals surface area contributed by atoms with Gasteiger partial charge in [-0.2, -0.15) is 0 Å². The summed E-state index contributed by atoms with van der Waals surface area (Å²) in [5.74, 6) is -0.259. The summed E-state index contributed by atoms with van der Waals surface area (Å²) in [7, 11) is 0. The number of carboxylic acid groups (broad SMARTS) is 1. The number of anilines is 4. The number of carbonyl (C=O) groups excluding carboxylic acids is 1. The Balaban J connectivity index is 1.32. The third-order valence-electron chi connectivity index (χ3n) is 7.55. The lowest BCUT2D eigenvalue weighted by molar-refractivity contribution is -0.384. The SMILES string of the molecule is O=C(O)N1CCN(c2ccc(-c3ccc4c(c3)C(=O)N(Cc3ccccc3)c3cc([N+](=O)[O-])ccc3N4)cc2)CC1. The molecular weight excluding hydrogens is 522 g/mol. The molecule has 2 aliphatic heterocycles. The summed E-state index contributed by atoms with van der Waals surface area (Å²) in [4.78, 5) is 41.5. The monoisotopic (exact) mass is 549 g/mol. The Labute approximate surface area is 236 Å². The van der Waals surface area contributed by atoms with E-state index in [9.17, 15) is 24.8 Å². The Hall–Kier alpha value is -5.38. The van der Waals surface area contributed by atoms with Gasteiger partial charge in [-0.05, 0) is 47.0 Å². The number of nitrogens with zero attached hydrogens (tertiary/aromatic N) is 4. The van der Waals surface area contributed by atoms with E-state index in [0.717, 1.165) is 22.4 Å². The van der Waals surface area contributed by atoms with Crippen LogP contribution < -0.4 is 15.1 Å². The minimum atomic E-state index is -0.893. The predicted molar refractivity (Wildman–Crippen MR) is 157 cm³/mol. The van der Waals surface area contributed by atoms with E-state index in [2.05, 4.69) is 10.2 Å². The van der Waals surface area contributed by atoms with Crippen LogP contribution in [-0.4, -0.2) is 53.1 Å². The van der Waals surface area contributed by atoms with E-state index in [1.807, 2.05) is 72.8 Å². The lowest BCUT2D eigenvalue weighted by Gasteiger charge is -2.34. The first-order chi connectivity index (χ1) is 19.9. The summed E-state index contributed by atoms with van der Waals surface area (Å²) in [6.07, 6.45) is -0.893. The van der Waals surface area contributed by atoms with Gasteiger partial charge in [-0.1, -0.05) is 48.5 Å². The van der Waals surface area contributed by atoms with Crippen molar-refractivity contribution in [3.8, 4) is 11.1 Å². The molecule has 10 nitrogen and oxygen atoms in total. The van der Waals surface area contributed by atoms with Gasteiger partial charge in [0.05, 0.1) is 34.1 Å². The number of nitro benzene ring substituents is 1. The van der Waals surface area contributed by atoms with Crippen LogP contribution in [0.3, 0.4) is 0 Å². The Morgan fingerprint density at radius 2 is 1.54 bits per heavy atom. The normalized spacial score (nSPS) is 14.5. The van der Waals surface area contributed by atoms with E-state index >= 15 is 0 Å². The highest BCUT2D eigenvalue weighted by atomic mass is 16.6. The van der Waals surface area contributed by atoms with E-state index < -0.39 is 11.0 Å². The van der Waals surface area contributed by atoms with Crippen molar-refractivity contribution in [2.45, 2.75) is 6.54 Å². The number of nitro groups is 1. The second-order valence-corrected chi connectivity index (χ2v) is 10.0. The molecule has 0 atom stereocenters. The van der Waals surface area contributed by atoms with E-state index in [-0.39, 0.29) is 18.1 Å². The minimum absolute atomic E-state index is 0.0903. The maximum Gasteiger partial charge on any atom is 0.407 e. The standard InChI is InChI=1S/C31H27N5O5/c37-30-26-18-23(22-6-9-24(10-7-22)33-14-16-34(17-15-33)31(38)39)8-12-27(26)32-28-13-11-25(36(40)41)19-29(28)35(30)20-21-4-2-1-3-5-21/h1-13,18-19,32H,14-17,20H2,(H,38,39). The molecule has 10 heteroatoms. The molecule has 1 saturated heterocycles. The van der Waals surface area contributed by atoms with Crippen molar-refractivity contribution in [2.24, 2.45) is 0 Å². The molecule has 6 rings (SSSR count). The predicted octanol–water partition coefficient (Wildman–Crippen LogP) is 5.97. The van der Waals surface area contributed by atoms with Crippen molar-refractivity contribution in [3.05, 3.63) is 112 Å². The highest BCUT2D eigenvalue weighted by molar-refractivity contribution is 6.14.